The van der Waals surface area contributed by atoms with Crippen molar-refractivity contribution in [3.63, 3.8) is 0 Å². The van der Waals surface area contributed by atoms with Crippen molar-refractivity contribution in [2.45, 2.75) is 13.5 Å². The number of hydrogen-bond donors (Lipinski definition) is 2. The van der Waals surface area contributed by atoms with Gasteiger partial charge in [-0.1, -0.05) is 24.3 Å². The van der Waals surface area contributed by atoms with E-state index >= 15 is 0 Å². The second-order valence-corrected chi connectivity index (χ2v) is 4.86. The fraction of sp³-hybridized carbons (Fsp3) is 0.188. The van der Waals surface area contributed by atoms with Gasteiger partial charge in [0.1, 0.15) is 0 Å². The number of imidazole rings is 1. The van der Waals surface area contributed by atoms with Crippen LogP contribution in [-0.4, -0.2) is 16.1 Å². The van der Waals surface area contributed by atoms with E-state index in [1.165, 1.54) is 5.56 Å². The van der Waals surface area contributed by atoms with E-state index < -0.39 is 0 Å². The number of aryl methyl sites for hydroxylation is 1. The van der Waals surface area contributed by atoms with Gasteiger partial charge in [-0.05, 0) is 36.8 Å². The molecule has 4 nitrogen and oxygen atoms in total. The SMILES string of the molecule is Cc1cccc(Nc2nc3ccccc3n2CCN)c1. The molecule has 0 fully saturated rings. The minimum absolute atomic E-state index is 0.586. The highest BCUT2D eigenvalue weighted by molar-refractivity contribution is 5.79. The molecule has 1 heterocycles. The van der Waals surface area contributed by atoms with Crippen molar-refractivity contribution in [1.29, 1.82) is 0 Å². The van der Waals surface area contributed by atoms with Gasteiger partial charge >= 0.3 is 0 Å². The van der Waals surface area contributed by atoms with E-state index in [9.17, 15) is 0 Å². The summed E-state index contributed by atoms with van der Waals surface area (Å²) in [5.74, 6) is 0.835. The Kier molecular flexibility index (Phi) is 3.39. The summed E-state index contributed by atoms with van der Waals surface area (Å²) in [6.45, 7) is 3.41. The van der Waals surface area contributed by atoms with E-state index in [-0.39, 0.29) is 0 Å². The number of fused-ring (bicyclic) bond motifs is 1. The van der Waals surface area contributed by atoms with Gasteiger partial charge in [-0.3, -0.25) is 0 Å². The van der Waals surface area contributed by atoms with Crippen LogP contribution in [0.4, 0.5) is 11.6 Å². The topological polar surface area (TPSA) is 55.9 Å². The van der Waals surface area contributed by atoms with Gasteiger partial charge in [0.25, 0.3) is 0 Å². The first-order valence-corrected chi connectivity index (χ1v) is 6.77. The molecule has 0 radical (unpaired) electrons. The predicted molar refractivity (Wildman–Crippen MR) is 83.2 cm³/mol. The lowest BCUT2D eigenvalue weighted by Crippen LogP contribution is -2.12. The first-order valence-electron chi connectivity index (χ1n) is 6.77. The number of nitrogens with two attached hydrogens (primary N) is 1. The molecule has 0 amide bonds. The van der Waals surface area contributed by atoms with Gasteiger partial charge in [0.15, 0.2) is 0 Å². The van der Waals surface area contributed by atoms with Gasteiger partial charge in [-0.2, -0.15) is 0 Å². The Bertz CT molecular complexity index is 730. The number of benzene rings is 2. The molecule has 0 aliphatic heterocycles. The summed E-state index contributed by atoms with van der Waals surface area (Å²) in [6.07, 6.45) is 0. The Hall–Kier alpha value is -2.33. The second kappa shape index (κ2) is 5.35. The van der Waals surface area contributed by atoms with Crippen LogP contribution in [0.25, 0.3) is 11.0 Å². The zero-order valence-electron chi connectivity index (χ0n) is 11.5. The predicted octanol–water partition coefficient (Wildman–Crippen LogP) is 3.05. The number of para-hydroxylation sites is 2. The van der Waals surface area contributed by atoms with Crippen LogP contribution in [0.1, 0.15) is 5.56 Å². The van der Waals surface area contributed by atoms with Crippen molar-refractivity contribution in [3.05, 3.63) is 54.1 Å². The standard InChI is InChI=1S/C16H18N4/c1-12-5-4-6-13(11-12)18-16-19-14-7-2-3-8-15(14)20(16)10-9-17/h2-8,11H,9-10,17H2,1H3,(H,18,19). The quantitative estimate of drug-likeness (QED) is 0.763. The van der Waals surface area contributed by atoms with Gasteiger partial charge in [0.2, 0.25) is 5.95 Å². The van der Waals surface area contributed by atoms with Crippen LogP contribution in [0.15, 0.2) is 48.5 Å². The lowest BCUT2D eigenvalue weighted by Gasteiger charge is -2.10. The molecule has 3 aromatic rings. The summed E-state index contributed by atoms with van der Waals surface area (Å²) in [7, 11) is 0. The van der Waals surface area contributed by atoms with E-state index in [2.05, 4.69) is 40.0 Å². The molecule has 2 aromatic carbocycles. The van der Waals surface area contributed by atoms with Gasteiger partial charge in [0.05, 0.1) is 11.0 Å². The molecule has 4 heteroatoms. The normalized spacial score (nSPS) is 10.9. The first-order chi connectivity index (χ1) is 9.78. The third kappa shape index (κ3) is 2.38. The van der Waals surface area contributed by atoms with Crippen molar-refractivity contribution in [2.24, 2.45) is 5.73 Å². The monoisotopic (exact) mass is 266 g/mol. The van der Waals surface area contributed by atoms with Crippen molar-refractivity contribution in [1.82, 2.24) is 9.55 Å². The van der Waals surface area contributed by atoms with Crippen LogP contribution in [0, 0.1) is 6.92 Å². The van der Waals surface area contributed by atoms with Crippen molar-refractivity contribution >= 4 is 22.7 Å². The maximum absolute atomic E-state index is 5.72. The third-order valence-corrected chi connectivity index (χ3v) is 3.28. The number of nitrogens with one attached hydrogen (secondary N) is 1. The number of nitrogens with zero attached hydrogens (tertiary/aromatic N) is 2. The first kappa shape index (κ1) is 12.7. The molecule has 0 unspecified atom stereocenters. The van der Waals surface area contributed by atoms with Gasteiger partial charge in [-0.15, -0.1) is 0 Å². The van der Waals surface area contributed by atoms with E-state index in [0.717, 1.165) is 29.2 Å². The summed E-state index contributed by atoms with van der Waals surface area (Å²) in [4.78, 5) is 4.65. The Balaban J connectivity index is 2.04. The fourth-order valence-corrected chi connectivity index (χ4v) is 2.38. The Morgan fingerprint density at radius 3 is 2.80 bits per heavy atom. The zero-order chi connectivity index (χ0) is 13.9. The van der Waals surface area contributed by atoms with Gasteiger partial charge in [-0.25, -0.2) is 4.98 Å². The summed E-state index contributed by atoms with van der Waals surface area (Å²) >= 11 is 0. The molecule has 0 spiro atoms. The minimum Gasteiger partial charge on any atom is -0.329 e. The smallest absolute Gasteiger partial charge is 0.208 e. The van der Waals surface area contributed by atoms with Crippen LogP contribution >= 0.6 is 0 Å². The maximum Gasteiger partial charge on any atom is 0.208 e. The molecule has 0 saturated carbocycles. The van der Waals surface area contributed by atoms with Gasteiger partial charge in [0, 0.05) is 18.8 Å². The molecule has 0 bridgehead atoms. The molecular formula is C16H18N4. The Morgan fingerprint density at radius 2 is 2.00 bits per heavy atom. The molecule has 3 rings (SSSR count). The third-order valence-electron chi connectivity index (χ3n) is 3.28. The van der Waals surface area contributed by atoms with Crippen molar-refractivity contribution in [2.75, 3.05) is 11.9 Å². The largest absolute Gasteiger partial charge is 0.329 e. The number of anilines is 2. The highest BCUT2D eigenvalue weighted by Crippen LogP contribution is 2.22. The summed E-state index contributed by atoms with van der Waals surface area (Å²) in [5.41, 5.74) is 10.1. The molecule has 0 atom stereocenters. The summed E-state index contributed by atoms with van der Waals surface area (Å²) in [5, 5.41) is 3.38. The minimum atomic E-state index is 0.586. The van der Waals surface area contributed by atoms with E-state index in [0.29, 0.717) is 6.54 Å². The fourth-order valence-electron chi connectivity index (χ4n) is 2.38. The molecule has 0 aliphatic carbocycles. The maximum atomic E-state index is 5.72. The second-order valence-electron chi connectivity index (χ2n) is 4.86. The molecule has 0 saturated heterocycles. The summed E-state index contributed by atoms with van der Waals surface area (Å²) in [6, 6.07) is 16.4. The lowest BCUT2D eigenvalue weighted by molar-refractivity contribution is 0.736. The molecule has 3 N–H and O–H groups in total. The van der Waals surface area contributed by atoms with E-state index in [4.69, 9.17) is 5.73 Å². The van der Waals surface area contributed by atoms with E-state index in [1.807, 2.05) is 30.3 Å². The van der Waals surface area contributed by atoms with Crippen molar-refractivity contribution < 1.29 is 0 Å². The summed E-state index contributed by atoms with van der Waals surface area (Å²) < 4.78 is 2.12. The van der Waals surface area contributed by atoms with Crippen molar-refractivity contribution in [3.8, 4) is 0 Å². The zero-order valence-corrected chi connectivity index (χ0v) is 11.5. The average molecular weight is 266 g/mol. The average Bonchev–Trinajstić information content (AvgIpc) is 2.77. The van der Waals surface area contributed by atoms with E-state index in [1.54, 1.807) is 0 Å². The molecule has 1 aromatic heterocycles. The van der Waals surface area contributed by atoms with Gasteiger partial charge < -0.3 is 15.6 Å². The highest BCUT2D eigenvalue weighted by atomic mass is 15.2. The van der Waals surface area contributed by atoms with Crippen LogP contribution in [0.3, 0.4) is 0 Å². The van der Waals surface area contributed by atoms with Crippen LogP contribution < -0.4 is 11.1 Å². The Morgan fingerprint density at radius 1 is 1.15 bits per heavy atom. The number of aromatic nitrogens is 2. The molecular weight excluding hydrogens is 248 g/mol. The van der Waals surface area contributed by atoms with Crippen LogP contribution in [0.2, 0.25) is 0 Å². The highest BCUT2D eigenvalue weighted by Gasteiger charge is 2.09. The molecule has 0 aliphatic rings. The Labute approximate surface area is 118 Å². The lowest BCUT2D eigenvalue weighted by atomic mass is 10.2. The van der Waals surface area contributed by atoms with Crippen LogP contribution in [0.5, 0.6) is 0 Å². The number of rotatable bonds is 4. The molecule has 20 heavy (non-hydrogen) atoms. The number of hydrogen-bond acceptors (Lipinski definition) is 3. The van der Waals surface area contributed by atoms with Crippen LogP contribution in [-0.2, 0) is 6.54 Å². The molecule has 102 valence electrons.